The van der Waals surface area contributed by atoms with Crippen LogP contribution in [0, 0.1) is 11.3 Å². The van der Waals surface area contributed by atoms with Crippen molar-refractivity contribution in [3.63, 3.8) is 0 Å². The summed E-state index contributed by atoms with van der Waals surface area (Å²) in [5.74, 6) is 0.760. The third-order valence-corrected chi connectivity index (χ3v) is 3.43. The maximum Gasteiger partial charge on any atom is 0.228 e. The van der Waals surface area contributed by atoms with E-state index in [9.17, 15) is 4.79 Å². The molecule has 1 heterocycles. The molecule has 1 atom stereocenters. The fourth-order valence-electron chi connectivity index (χ4n) is 2.34. The normalized spacial score (nSPS) is 25.2. The first kappa shape index (κ1) is 14.5. The highest BCUT2D eigenvalue weighted by Crippen LogP contribution is 2.26. The smallest absolute Gasteiger partial charge is 0.228 e. The maximum atomic E-state index is 12.5. The zero-order chi connectivity index (χ0) is 13.4. The number of amides is 1. The van der Waals surface area contributed by atoms with Crippen LogP contribution in [0.3, 0.4) is 0 Å². The van der Waals surface area contributed by atoms with Crippen LogP contribution >= 0.6 is 0 Å². The number of carbonyl (C=O) groups excluding carboxylic acids is 1. The van der Waals surface area contributed by atoms with E-state index in [-0.39, 0.29) is 16.9 Å². The first-order valence-electron chi connectivity index (χ1n) is 6.61. The zero-order valence-electron chi connectivity index (χ0n) is 12.4. The fourth-order valence-corrected chi connectivity index (χ4v) is 2.34. The quantitative estimate of drug-likeness (QED) is 0.762. The van der Waals surface area contributed by atoms with Crippen LogP contribution in [-0.4, -0.2) is 35.5 Å². The van der Waals surface area contributed by atoms with Crippen molar-refractivity contribution in [3.05, 3.63) is 0 Å². The van der Waals surface area contributed by atoms with Gasteiger partial charge in [0.15, 0.2) is 0 Å². The van der Waals surface area contributed by atoms with Crippen molar-refractivity contribution in [2.45, 2.75) is 60.0 Å². The largest absolute Gasteiger partial charge is 0.336 e. The molecule has 0 aliphatic carbocycles. The van der Waals surface area contributed by atoms with Gasteiger partial charge in [0, 0.05) is 30.1 Å². The number of nitrogens with one attached hydrogen (secondary N) is 1. The first-order chi connectivity index (χ1) is 7.54. The Bertz CT molecular complexity index is 289. The van der Waals surface area contributed by atoms with E-state index in [1.807, 2.05) is 20.8 Å². The monoisotopic (exact) mass is 240 g/mol. The molecule has 1 N–H and O–H groups in total. The molecular weight excluding hydrogens is 212 g/mol. The van der Waals surface area contributed by atoms with Crippen molar-refractivity contribution in [1.82, 2.24) is 10.2 Å². The maximum absolute atomic E-state index is 12.5. The number of nitrogens with zero attached hydrogens (tertiary/aromatic N) is 1. The molecule has 0 aromatic heterocycles. The van der Waals surface area contributed by atoms with Gasteiger partial charge in [0.2, 0.25) is 5.91 Å². The summed E-state index contributed by atoms with van der Waals surface area (Å²) in [6.07, 6.45) is 0. The van der Waals surface area contributed by atoms with Gasteiger partial charge in [0.25, 0.3) is 0 Å². The van der Waals surface area contributed by atoms with Crippen LogP contribution in [0.1, 0.15) is 48.5 Å². The molecule has 0 aromatic carbocycles. The number of hydrogen-bond acceptors (Lipinski definition) is 2. The summed E-state index contributed by atoms with van der Waals surface area (Å²) in [5.41, 5.74) is -0.271. The highest BCUT2D eigenvalue weighted by atomic mass is 16.2. The van der Waals surface area contributed by atoms with Crippen LogP contribution in [0.4, 0.5) is 0 Å². The van der Waals surface area contributed by atoms with Crippen molar-refractivity contribution in [1.29, 1.82) is 0 Å². The number of rotatable bonds is 1. The summed E-state index contributed by atoms with van der Waals surface area (Å²) in [7, 11) is 0. The minimum atomic E-state index is -0.291. The van der Waals surface area contributed by atoms with E-state index in [4.69, 9.17) is 0 Å². The van der Waals surface area contributed by atoms with Crippen LogP contribution < -0.4 is 5.32 Å². The molecular formula is C14H28N2O. The van der Waals surface area contributed by atoms with Gasteiger partial charge in [-0.25, -0.2) is 0 Å². The molecule has 17 heavy (non-hydrogen) atoms. The molecule has 1 aliphatic heterocycles. The summed E-state index contributed by atoms with van der Waals surface area (Å²) in [6, 6.07) is 0.315. The van der Waals surface area contributed by atoms with Crippen LogP contribution in [0.5, 0.6) is 0 Å². The number of hydrogen-bond donors (Lipinski definition) is 1. The third kappa shape index (κ3) is 3.44. The van der Waals surface area contributed by atoms with Gasteiger partial charge in [-0.05, 0) is 19.8 Å². The molecule has 0 saturated carbocycles. The van der Waals surface area contributed by atoms with Crippen molar-refractivity contribution in [2.24, 2.45) is 11.3 Å². The highest BCUT2D eigenvalue weighted by molar-refractivity contribution is 5.82. The number of carbonyl (C=O) groups is 1. The molecule has 1 aliphatic rings. The highest BCUT2D eigenvalue weighted by Gasteiger charge is 2.39. The second kappa shape index (κ2) is 4.60. The van der Waals surface area contributed by atoms with E-state index < -0.39 is 0 Å². The Morgan fingerprint density at radius 1 is 1.35 bits per heavy atom. The van der Waals surface area contributed by atoms with Crippen molar-refractivity contribution in [2.75, 3.05) is 13.1 Å². The topological polar surface area (TPSA) is 32.3 Å². The van der Waals surface area contributed by atoms with Gasteiger partial charge in [-0.3, -0.25) is 4.79 Å². The van der Waals surface area contributed by atoms with Crippen LogP contribution in [0.2, 0.25) is 0 Å². The minimum Gasteiger partial charge on any atom is -0.336 e. The Balaban J connectivity index is 2.93. The molecule has 0 aromatic rings. The summed E-state index contributed by atoms with van der Waals surface area (Å²) >= 11 is 0. The fraction of sp³-hybridized carbons (Fsp3) is 0.929. The average molecular weight is 240 g/mol. The minimum absolute atomic E-state index is 0.0201. The molecule has 3 heteroatoms. The average Bonchev–Trinajstić information content (AvgIpc) is 2.13. The number of piperazine rings is 1. The molecule has 1 saturated heterocycles. The molecule has 3 nitrogen and oxygen atoms in total. The second-order valence-electron chi connectivity index (χ2n) is 7.26. The third-order valence-electron chi connectivity index (χ3n) is 3.43. The molecule has 0 spiro atoms. The Morgan fingerprint density at radius 3 is 2.29 bits per heavy atom. The zero-order valence-corrected chi connectivity index (χ0v) is 12.4. The molecule has 1 fully saturated rings. The van der Waals surface area contributed by atoms with Crippen molar-refractivity contribution in [3.8, 4) is 0 Å². The standard InChI is InChI=1S/C14H28N2O/c1-10(2)11-8-15-14(6,7)9-16(11)12(17)13(3,4)5/h10-11,15H,8-9H2,1-7H3. The Labute approximate surface area is 106 Å². The van der Waals surface area contributed by atoms with Gasteiger partial charge in [-0.1, -0.05) is 34.6 Å². The SMILES string of the molecule is CC(C)C1CNC(C)(C)CN1C(=O)C(C)(C)C. The first-order valence-corrected chi connectivity index (χ1v) is 6.61. The lowest BCUT2D eigenvalue weighted by Gasteiger charge is -2.48. The van der Waals surface area contributed by atoms with Crippen LogP contribution in [-0.2, 0) is 4.79 Å². The second-order valence-corrected chi connectivity index (χ2v) is 7.26. The van der Waals surface area contributed by atoms with Gasteiger partial charge in [0.1, 0.15) is 0 Å². The summed E-state index contributed by atoms with van der Waals surface area (Å²) < 4.78 is 0. The molecule has 0 bridgehead atoms. The van der Waals surface area contributed by atoms with E-state index in [2.05, 4.69) is 37.9 Å². The van der Waals surface area contributed by atoms with Crippen molar-refractivity contribution >= 4 is 5.91 Å². The Morgan fingerprint density at radius 2 is 1.88 bits per heavy atom. The molecule has 1 unspecified atom stereocenters. The molecule has 1 rings (SSSR count). The lowest BCUT2D eigenvalue weighted by atomic mass is 9.88. The van der Waals surface area contributed by atoms with Gasteiger partial charge >= 0.3 is 0 Å². The lowest BCUT2D eigenvalue weighted by molar-refractivity contribution is -0.146. The lowest BCUT2D eigenvalue weighted by Crippen LogP contribution is -2.65. The molecule has 1 amide bonds. The van der Waals surface area contributed by atoms with E-state index in [1.165, 1.54) is 0 Å². The van der Waals surface area contributed by atoms with Gasteiger partial charge in [-0.2, -0.15) is 0 Å². The van der Waals surface area contributed by atoms with Crippen LogP contribution in [0.25, 0.3) is 0 Å². The predicted molar refractivity (Wildman–Crippen MR) is 71.9 cm³/mol. The van der Waals surface area contributed by atoms with Crippen molar-refractivity contribution < 1.29 is 4.79 Å². The van der Waals surface area contributed by atoms with E-state index in [0.29, 0.717) is 12.0 Å². The summed E-state index contributed by atoms with van der Waals surface area (Å²) in [4.78, 5) is 14.6. The van der Waals surface area contributed by atoms with Gasteiger partial charge in [0.05, 0.1) is 0 Å². The predicted octanol–water partition coefficient (Wildman–Crippen LogP) is 2.27. The van der Waals surface area contributed by atoms with Gasteiger partial charge < -0.3 is 10.2 Å². The Kier molecular flexibility index (Phi) is 3.92. The molecule has 100 valence electrons. The van der Waals surface area contributed by atoms with E-state index in [0.717, 1.165) is 13.1 Å². The van der Waals surface area contributed by atoms with Gasteiger partial charge in [-0.15, -0.1) is 0 Å². The molecule has 0 radical (unpaired) electrons. The van der Waals surface area contributed by atoms with E-state index >= 15 is 0 Å². The summed E-state index contributed by atoms with van der Waals surface area (Å²) in [5, 5.41) is 3.53. The van der Waals surface area contributed by atoms with Crippen LogP contribution in [0.15, 0.2) is 0 Å². The van der Waals surface area contributed by atoms with E-state index in [1.54, 1.807) is 0 Å². The summed E-state index contributed by atoms with van der Waals surface area (Å²) in [6.45, 7) is 16.4. The Hall–Kier alpha value is -0.570.